The number of halogens is 1. The molecule has 0 bridgehead atoms. The van der Waals surface area contributed by atoms with Crippen molar-refractivity contribution in [1.29, 1.82) is 0 Å². The summed E-state index contributed by atoms with van der Waals surface area (Å²) in [5.41, 5.74) is 1.60. The number of aliphatic hydroxyl groups is 1. The number of thiophene rings is 1. The van der Waals surface area contributed by atoms with Gasteiger partial charge in [-0.3, -0.25) is 4.98 Å². The van der Waals surface area contributed by atoms with E-state index in [2.05, 4.69) is 4.98 Å². The fraction of sp³-hybridized carbons (Fsp3) is 0.133. The SMILES string of the molecule is OC(Cc1ccc(Cl)s1)c1ccc2ccccc2n1. The quantitative estimate of drug-likeness (QED) is 0.783. The Labute approximate surface area is 120 Å². The Morgan fingerprint density at radius 3 is 2.74 bits per heavy atom. The zero-order valence-electron chi connectivity index (χ0n) is 10.1. The summed E-state index contributed by atoms with van der Waals surface area (Å²) < 4.78 is 0.744. The van der Waals surface area contributed by atoms with Crippen LogP contribution in [-0.4, -0.2) is 10.1 Å². The molecule has 2 heterocycles. The molecule has 96 valence electrons. The second-order valence-corrected chi connectivity index (χ2v) is 6.15. The van der Waals surface area contributed by atoms with E-state index in [0.29, 0.717) is 12.1 Å². The number of benzene rings is 1. The third kappa shape index (κ3) is 2.78. The van der Waals surface area contributed by atoms with E-state index >= 15 is 0 Å². The van der Waals surface area contributed by atoms with Crippen LogP contribution in [0.2, 0.25) is 4.34 Å². The molecule has 1 atom stereocenters. The van der Waals surface area contributed by atoms with Crippen LogP contribution in [0.25, 0.3) is 10.9 Å². The van der Waals surface area contributed by atoms with Crippen molar-refractivity contribution in [1.82, 2.24) is 4.98 Å². The van der Waals surface area contributed by atoms with E-state index in [1.54, 1.807) is 0 Å². The van der Waals surface area contributed by atoms with Gasteiger partial charge in [-0.05, 0) is 24.3 Å². The van der Waals surface area contributed by atoms with E-state index in [9.17, 15) is 5.11 Å². The van der Waals surface area contributed by atoms with Crippen LogP contribution < -0.4 is 0 Å². The molecule has 0 radical (unpaired) electrons. The van der Waals surface area contributed by atoms with Gasteiger partial charge in [0, 0.05) is 16.7 Å². The van der Waals surface area contributed by atoms with Crippen LogP contribution in [0.3, 0.4) is 0 Å². The van der Waals surface area contributed by atoms with Gasteiger partial charge in [-0.2, -0.15) is 0 Å². The summed E-state index contributed by atoms with van der Waals surface area (Å²) in [5.74, 6) is 0. The first-order valence-corrected chi connectivity index (χ1v) is 7.20. The Hall–Kier alpha value is -1.42. The molecule has 1 N–H and O–H groups in total. The Morgan fingerprint density at radius 1 is 1.11 bits per heavy atom. The lowest BCUT2D eigenvalue weighted by Gasteiger charge is -2.09. The summed E-state index contributed by atoms with van der Waals surface area (Å²) in [7, 11) is 0. The zero-order valence-corrected chi connectivity index (χ0v) is 11.7. The Kier molecular flexibility index (Phi) is 3.51. The molecule has 0 aliphatic heterocycles. The molecule has 0 aliphatic carbocycles. The van der Waals surface area contributed by atoms with Gasteiger partial charge in [0.2, 0.25) is 0 Å². The van der Waals surface area contributed by atoms with Crippen LogP contribution in [-0.2, 0) is 6.42 Å². The van der Waals surface area contributed by atoms with Gasteiger partial charge in [-0.1, -0.05) is 35.9 Å². The van der Waals surface area contributed by atoms with Crippen molar-refractivity contribution in [3.63, 3.8) is 0 Å². The van der Waals surface area contributed by atoms with Crippen LogP contribution in [0.5, 0.6) is 0 Å². The lowest BCUT2D eigenvalue weighted by molar-refractivity contribution is 0.175. The van der Waals surface area contributed by atoms with Gasteiger partial charge in [0.05, 0.1) is 15.5 Å². The highest BCUT2D eigenvalue weighted by atomic mass is 35.5. The van der Waals surface area contributed by atoms with Crippen LogP contribution in [0.1, 0.15) is 16.7 Å². The molecule has 0 aliphatic rings. The summed E-state index contributed by atoms with van der Waals surface area (Å²) in [4.78, 5) is 5.56. The molecule has 1 unspecified atom stereocenters. The summed E-state index contributed by atoms with van der Waals surface area (Å²) in [6, 6.07) is 15.5. The van der Waals surface area contributed by atoms with Crippen LogP contribution in [0, 0.1) is 0 Å². The number of para-hydroxylation sites is 1. The summed E-state index contributed by atoms with van der Waals surface area (Å²) in [6.07, 6.45) is -0.0535. The number of fused-ring (bicyclic) bond motifs is 1. The molecule has 0 amide bonds. The first kappa shape index (κ1) is 12.6. The lowest BCUT2D eigenvalue weighted by Crippen LogP contribution is -2.03. The summed E-state index contributed by atoms with van der Waals surface area (Å²) >= 11 is 7.38. The predicted molar refractivity (Wildman–Crippen MR) is 79.7 cm³/mol. The average molecular weight is 290 g/mol. The molecule has 3 aromatic rings. The van der Waals surface area contributed by atoms with Crippen molar-refractivity contribution in [3.05, 3.63) is 63.4 Å². The maximum Gasteiger partial charge on any atom is 0.101 e. The standard InChI is InChI=1S/C15H12ClNOS/c16-15-8-6-11(19-15)9-14(18)13-7-5-10-3-1-2-4-12(10)17-13/h1-8,14,18H,9H2. The number of rotatable bonds is 3. The van der Waals surface area contributed by atoms with E-state index < -0.39 is 6.10 Å². The van der Waals surface area contributed by atoms with E-state index in [0.717, 1.165) is 20.1 Å². The minimum atomic E-state index is -0.598. The molecule has 2 aromatic heterocycles. The molecule has 4 heteroatoms. The smallest absolute Gasteiger partial charge is 0.101 e. The third-order valence-corrected chi connectivity index (χ3v) is 4.24. The van der Waals surface area contributed by atoms with Gasteiger partial charge in [-0.25, -0.2) is 0 Å². The molecule has 3 rings (SSSR count). The molecule has 19 heavy (non-hydrogen) atoms. The monoisotopic (exact) mass is 289 g/mol. The topological polar surface area (TPSA) is 33.1 Å². The van der Waals surface area contributed by atoms with Crippen LogP contribution in [0.15, 0.2) is 48.5 Å². The minimum Gasteiger partial charge on any atom is -0.386 e. The predicted octanol–water partition coefficient (Wildman–Crippen LogP) is 4.23. The van der Waals surface area contributed by atoms with Gasteiger partial charge in [0.1, 0.15) is 6.10 Å². The first-order chi connectivity index (χ1) is 9.22. The average Bonchev–Trinajstić information content (AvgIpc) is 2.83. The van der Waals surface area contributed by atoms with Crippen molar-refractivity contribution in [2.24, 2.45) is 0 Å². The van der Waals surface area contributed by atoms with E-state index in [1.165, 1.54) is 11.3 Å². The fourth-order valence-corrected chi connectivity index (χ4v) is 3.15. The molecular formula is C15H12ClNOS. The summed E-state index contributed by atoms with van der Waals surface area (Å²) in [5, 5.41) is 11.3. The molecule has 0 saturated carbocycles. The number of hydrogen-bond acceptors (Lipinski definition) is 3. The minimum absolute atomic E-state index is 0.544. The van der Waals surface area contributed by atoms with Gasteiger partial charge in [0.15, 0.2) is 0 Å². The van der Waals surface area contributed by atoms with E-state index in [1.807, 2.05) is 48.5 Å². The summed E-state index contributed by atoms with van der Waals surface area (Å²) in [6.45, 7) is 0. The lowest BCUT2D eigenvalue weighted by atomic mass is 10.1. The van der Waals surface area contributed by atoms with Crippen molar-refractivity contribution >= 4 is 33.8 Å². The number of aromatic nitrogens is 1. The molecule has 1 aromatic carbocycles. The maximum atomic E-state index is 10.2. The second-order valence-electron chi connectivity index (χ2n) is 4.35. The Balaban J connectivity index is 1.86. The number of nitrogens with zero attached hydrogens (tertiary/aromatic N) is 1. The first-order valence-electron chi connectivity index (χ1n) is 6.00. The highest BCUT2D eigenvalue weighted by molar-refractivity contribution is 7.16. The highest BCUT2D eigenvalue weighted by Gasteiger charge is 2.12. The zero-order chi connectivity index (χ0) is 13.2. The highest BCUT2D eigenvalue weighted by Crippen LogP contribution is 2.26. The normalized spacial score (nSPS) is 12.7. The van der Waals surface area contributed by atoms with Gasteiger partial charge >= 0.3 is 0 Å². The van der Waals surface area contributed by atoms with Gasteiger partial charge in [-0.15, -0.1) is 11.3 Å². The van der Waals surface area contributed by atoms with E-state index in [4.69, 9.17) is 11.6 Å². The molecule has 2 nitrogen and oxygen atoms in total. The van der Waals surface area contributed by atoms with Gasteiger partial charge < -0.3 is 5.11 Å². The van der Waals surface area contributed by atoms with Crippen molar-refractivity contribution in [2.45, 2.75) is 12.5 Å². The Morgan fingerprint density at radius 2 is 1.95 bits per heavy atom. The molecular weight excluding hydrogens is 278 g/mol. The van der Waals surface area contributed by atoms with Crippen molar-refractivity contribution < 1.29 is 5.11 Å². The van der Waals surface area contributed by atoms with E-state index in [-0.39, 0.29) is 0 Å². The number of aliphatic hydroxyl groups excluding tert-OH is 1. The number of pyridine rings is 1. The van der Waals surface area contributed by atoms with Crippen LogP contribution in [0.4, 0.5) is 0 Å². The van der Waals surface area contributed by atoms with Gasteiger partial charge in [0.25, 0.3) is 0 Å². The maximum absolute atomic E-state index is 10.2. The largest absolute Gasteiger partial charge is 0.386 e. The molecule has 0 fully saturated rings. The molecule has 0 saturated heterocycles. The third-order valence-electron chi connectivity index (χ3n) is 2.98. The Bertz CT molecular complexity index is 710. The fourth-order valence-electron chi connectivity index (χ4n) is 2.02. The molecule has 0 spiro atoms. The second kappa shape index (κ2) is 5.29. The van der Waals surface area contributed by atoms with Crippen molar-refractivity contribution in [3.8, 4) is 0 Å². The number of hydrogen-bond donors (Lipinski definition) is 1. The van der Waals surface area contributed by atoms with Crippen LogP contribution >= 0.6 is 22.9 Å². The van der Waals surface area contributed by atoms with Crippen molar-refractivity contribution in [2.75, 3.05) is 0 Å².